The summed E-state index contributed by atoms with van der Waals surface area (Å²) in [6.07, 6.45) is 2.75. The predicted octanol–water partition coefficient (Wildman–Crippen LogP) is 2.90. The summed E-state index contributed by atoms with van der Waals surface area (Å²) in [6, 6.07) is 12.0. The summed E-state index contributed by atoms with van der Waals surface area (Å²) in [4.78, 5) is 16.7. The Labute approximate surface area is 90.0 Å². The minimum atomic E-state index is 0.750. The molecule has 2 N–H and O–H groups in total. The molecule has 15 heavy (non-hydrogen) atoms. The van der Waals surface area contributed by atoms with Gasteiger partial charge in [0.05, 0.1) is 0 Å². The number of isocyanates is 2. The van der Waals surface area contributed by atoms with Crippen LogP contribution in [0.2, 0.25) is 0 Å². The minimum absolute atomic E-state index is 0.750. The van der Waals surface area contributed by atoms with E-state index in [1.807, 2.05) is 36.4 Å². The number of benzene rings is 1. The quantitative estimate of drug-likeness (QED) is 0.507. The number of carbonyl (C=O) groups excluding carboxylic acids is 2. The van der Waals surface area contributed by atoms with Crippen LogP contribution in [0.5, 0.6) is 0 Å². The first-order valence-electron chi connectivity index (χ1n) is 4.32. The van der Waals surface area contributed by atoms with Crippen LogP contribution in [-0.2, 0) is 9.59 Å². The topological polar surface area (TPSA) is 81.8 Å². The molecule has 0 unspecified atom stereocenters. The van der Waals surface area contributed by atoms with Crippen LogP contribution in [0.25, 0.3) is 0 Å². The molecule has 0 aliphatic carbocycles. The van der Waals surface area contributed by atoms with Crippen LogP contribution >= 0.6 is 0 Å². The van der Waals surface area contributed by atoms with Gasteiger partial charge in [-0.1, -0.05) is 56.7 Å². The van der Waals surface area contributed by atoms with Crippen LogP contribution < -0.4 is 0 Å². The van der Waals surface area contributed by atoms with E-state index < -0.39 is 0 Å². The van der Waals surface area contributed by atoms with Crippen LogP contribution in [0.15, 0.2) is 36.4 Å². The monoisotopic (exact) mass is 208 g/mol. The van der Waals surface area contributed by atoms with Crippen molar-refractivity contribution in [3.8, 4) is 0 Å². The first-order valence-corrected chi connectivity index (χ1v) is 4.32. The van der Waals surface area contributed by atoms with E-state index in [9.17, 15) is 0 Å². The van der Waals surface area contributed by atoms with Crippen LogP contribution in [0.4, 0.5) is 0 Å². The Balaban J connectivity index is -0.000000140. The number of hydrogen-bond acceptors (Lipinski definition) is 4. The number of hydrogen-bond donors (Lipinski definition) is 2. The van der Waals surface area contributed by atoms with E-state index in [1.165, 1.54) is 6.42 Å². The molecule has 0 amide bonds. The van der Waals surface area contributed by atoms with Gasteiger partial charge < -0.3 is 0 Å². The summed E-state index contributed by atoms with van der Waals surface area (Å²) < 4.78 is 0. The molecular weight excluding hydrogens is 192 g/mol. The van der Waals surface area contributed by atoms with Gasteiger partial charge in [-0.05, 0) is 0 Å². The lowest BCUT2D eigenvalue weighted by molar-refractivity contribution is 0.562. The molecule has 0 fully saturated rings. The second-order valence-electron chi connectivity index (χ2n) is 2.07. The molecule has 0 aromatic heterocycles. The van der Waals surface area contributed by atoms with Crippen molar-refractivity contribution in [1.29, 1.82) is 10.8 Å². The molecule has 82 valence electrons. The van der Waals surface area contributed by atoms with E-state index in [0.29, 0.717) is 0 Å². The zero-order valence-electron chi connectivity index (χ0n) is 8.99. The Hall–Kier alpha value is -2.02. The average molecular weight is 208 g/mol. The first kappa shape index (κ1) is 18.7. The number of rotatable bonds is 0. The third-order valence-corrected chi connectivity index (χ3v) is 0.667. The van der Waals surface area contributed by atoms with Gasteiger partial charge in [0, 0.05) is 0 Å². The Kier molecular flexibility index (Phi) is 37.0. The first-order chi connectivity index (χ1) is 7.24. The third kappa shape index (κ3) is 75.3. The molecule has 0 spiro atoms. The fourth-order valence-corrected chi connectivity index (χ4v) is 0.385. The summed E-state index contributed by atoms with van der Waals surface area (Å²) in [5.41, 5.74) is 0. The minimum Gasteiger partial charge on any atom is -0.222 e. The van der Waals surface area contributed by atoms with Crippen molar-refractivity contribution in [3.05, 3.63) is 36.4 Å². The molecule has 1 rings (SSSR count). The van der Waals surface area contributed by atoms with Crippen LogP contribution in [-0.4, -0.2) is 12.2 Å². The van der Waals surface area contributed by atoms with Gasteiger partial charge in [-0.25, -0.2) is 20.4 Å². The van der Waals surface area contributed by atoms with E-state index in [0.717, 1.165) is 12.2 Å². The Morgan fingerprint density at radius 3 is 0.933 bits per heavy atom. The fourth-order valence-electron chi connectivity index (χ4n) is 0.385. The zero-order chi connectivity index (χ0) is 12.4. The SMILES string of the molecule is CCC.N=C=O.N=C=O.c1ccccc1. The largest absolute Gasteiger partial charge is 0.231 e. The van der Waals surface area contributed by atoms with Gasteiger partial charge in [0.15, 0.2) is 0 Å². The van der Waals surface area contributed by atoms with Gasteiger partial charge in [-0.15, -0.1) is 0 Å². The molecule has 1 aromatic carbocycles. The Bertz CT molecular complexity index is 210. The molecule has 0 radical (unpaired) electrons. The molecule has 1 aromatic rings. The smallest absolute Gasteiger partial charge is 0.222 e. The molecule has 0 saturated carbocycles. The Morgan fingerprint density at radius 2 is 0.867 bits per heavy atom. The molecule has 0 saturated heterocycles. The summed E-state index contributed by atoms with van der Waals surface area (Å²) in [5, 5.41) is 10.8. The maximum atomic E-state index is 8.35. The lowest BCUT2D eigenvalue weighted by Gasteiger charge is -1.69. The van der Waals surface area contributed by atoms with Gasteiger partial charge in [-0.2, -0.15) is 0 Å². The molecule has 4 nitrogen and oxygen atoms in total. The standard InChI is InChI=1S/C6H6.C3H8.2CHNO/c1-2-4-6-5-3-1;1-3-2;2*2-1-3/h1-6H;3H2,1-2H3;2*2H. The molecule has 0 aliphatic rings. The van der Waals surface area contributed by atoms with Gasteiger partial charge in [0.25, 0.3) is 0 Å². The normalized spacial score (nSPS) is 5.47. The molecule has 0 aliphatic heterocycles. The second kappa shape index (κ2) is 29.6. The van der Waals surface area contributed by atoms with Crippen molar-refractivity contribution in [2.75, 3.05) is 0 Å². The van der Waals surface area contributed by atoms with Crippen molar-refractivity contribution in [2.45, 2.75) is 20.3 Å². The van der Waals surface area contributed by atoms with Crippen molar-refractivity contribution >= 4 is 12.2 Å². The molecule has 0 heterocycles. The summed E-state index contributed by atoms with van der Waals surface area (Å²) >= 11 is 0. The van der Waals surface area contributed by atoms with Gasteiger partial charge in [0.1, 0.15) is 0 Å². The second-order valence-corrected chi connectivity index (χ2v) is 2.07. The molecule has 0 atom stereocenters. The van der Waals surface area contributed by atoms with E-state index in [1.54, 1.807) is 0 Å². The Morgan fingerprint density at radius 1 is 0.800 bits per heavy atom. The maximum Gasteiger partial charge on any atom is 0.231 e. The van der Waals surface area contributed by atoms with Crippen molar-refractivity contribution in [1.82, 2.24) is 0 Å². The summed E-state index contributed by atoms with van der Waals surface area (Å²) in [5.74, 6) is 0. The summed E-state index contributed by atoms with van der Waals surface area (Å²) in [6.45, 7) is 4.25. The molecule has 0 bridgehead atoms. The van der Waals surface area contributed by atoms with Gasteiger partial charge >= 0.3 is 0 Å². The van der Waals surface area contributed by atoms with Crippen LogP contribution in [0.1, 0.15) is 20.3 Å². The highest BCUT2D eigenvalue weighted by atomic mass is 16.1. The maximum absolute atomic E-state index is 8.35. The third-order valence-electron chi connectivity index (χ3n) is 0.667. The van der Waals surface area contributed by atoms with E-state index in [2.05, 4.69) is 13.8 Å². The van der Waals surface area contributed by atoms with Crippen molar-refractivity contribution < 1.29 is 9.59 Å². The fraction of sp³-hybridized carbons (Fsp3) is 0.273. The predicted molar refractivity (Wildman–Crippen MR) is 59.2 cm³/mol. The van der Waals surface area contributed by atoms with E-state index in [4.69, 9.17) is 20.4 Å². The lowest BCUT2D eigenvalue weighted by Crippen LogP contribution is -1.47. The molecule has 4 heteroatoms. The molecular formula is C11H16N2O2. The van der Waals surface area contributed by atoms with Crippen molar-refractivity contribution in [2.24, 2.45) is 0 Å². The van der Waals surface area contributed by atoms with Crippen molar-refractivity contribution in [3.63, 3.8) is 0 Å². The average Bonchev–Trinajstić information content (AvgIpc) is 2.24. The van der Waals surface area contributed by atoms with E-state index in [-0.39, 0.29) is 0 Å². The van der Waals surface area contributed by atoms with Gasteiger partial charge in [-0.3, -0.25) is 0 Å². The van der Waals surface area contributed by atoms with Crippen LogP contribution in [0.3, 0.4) is 0 Å². The zero-order valence-corrected chi connectivity index (χ0v) is 8.99. The van der Waals surface area contributed by atoms with Gasteiger partial charge in [0.2, 0.25) is 12.2 Å². The van der Waals surface area contributed by atoms with E-state index >= 15 is 0 Å². The summed E-state index contributed by atoms with van der Waals surface area (Å²) in [7, 11) is 0. The highest BCUT2D eigenvalue weighted by molar-refractivity contribution is 5.26. The highest BCUT2D eigenvalue weighted by Gasteiger charge is 1.57. The highest BCUT2D eigenvalue weighted by Crippen LogP contribution is 1.79. The number of nitrogens with one attached hydrogen (secondary N) is 2. The van der Waals surface area contributed by atoms with Crippen LogP contribution in [0, 0.1) is 10.8 Å². The lowest BCUT2D eigenvalue weighted by atomic mass is 10.4.